The number of benzene rings is 1. The molecule has 0 unspecified atom stereocenters. The van der Waals surface area contributed by atoms with Gasteiger partial charge in [0.25, 0.3) is 11.6 Å². The third-order valence-electron chi connectivity index (χ3n) is 3.40. The lowest BCUT2D eigenvalue weighted by molar-refractivity contribution is -0.384. The molecule has 0 atom stereocenters. The van der Waals surface area contributed by atoms with Gasteiger partial charge in [-0.1, -0.05) is 6.92 Å². The Balaban J connectivity index is 2.25. The molecule has 1 aromatic rings. The second-order valence-electron chi connectivity index (χ2n) is 4.92. The van der Waals surface area contributed by atoms with Crippen LogP contribution in [-0.2, 0) is 0 Å². The Morgan fingerprint density at radius 1 is 1.40 bits per heavy atom. The van der Waals surface area contributed by atoms with Gasteiger partial charge in [0.2, 0.25) is 0 Å². The average Bonchev–Trinajstić information content (AvgIpc) is 2.97. The van der Waals surface area contributed by atoms with E-state index < -0.39 is 4.92 Å². The van der Waals surface area contributed by atoms with Crippen molar-refractivity contribution in [1.29, 1.82) is 0 Å². The molecule has 1 aromatic carbocycles. The Kier molecular flexibility index (Phi) is 4.55. The van der Waals surface area contributed by atoms with Crippen LogP contribution in [0, 0.1) is 10.1 Å². The molecular formula is C14H19N3O3. The van der Waals surface area contributed by atoms with Gasteiger partial charge < -0.3 is 10.2 Å². The van der Waals surface area contributed by atoms with E-state index in [0.717, 1.165) is 32.4 Å². The number of nitro benzene ring substituents is 1. The maximum Gasteiger partial charge on any atom is 0.292 e. The number of nitrogens with one attached hydrogen (secondary N) is 1. The van der Waals surface area contributed by atoms with E-state index in [2.05, 4.69) is 5.32 Å². The third kappa shape index (κ3) is 3.07. The van der Waals surface area contributed by atoms with Crippen molar-refractivity contribution >= 4 is 17.3 Å². The first-order valence-corrected chi connectivity index (χ1v) is 6.95. The van der Waals surface area contributed by atoms with Crippen LogP contribution in [0.4, 0.5) is 11.4 Å². The van der Waals surface area contributed by atoms with E-state index in [1.807, 2.05) is 6.92 Å². The van der Waals surface area contributed by atoms with Crippen molar-refractivity contribution in [3.05, 3.63) is 33.9 Å². The number of rotatable bonds is 5. The minimum absolute atomic E-state index is 0.0106. The van der Waals surface area contributed by atoms with Gasteiger partial charge in [0.05, 0.1) is 4.92 Å². The van der Waals surface area contributed by atoms with E-state index >= 15 is 0 Å². The maximum absolute atomic E-state index is 12.3. The number of anilines is 1. The number of hydrogen-bond donors (Lipinski definition) is 1. The van der Waals surface area contributed by atoms with Crippen molar-refractivity contribution in [1.82, 2.24) is 4.90 Å². The molecule has 0 radical (unpaired) electrons. The molecule has 1 fully saturated rings. The second kappa shape index (κ2) is 6.36. The molecule has 1 aliphatic rings. The summed E-state index contributed by atoms with van der Waals surface area (Å²) in [7, 11) is 0. The predicted molar refractivity (Wildman–Crippen MR) is 77.0 cm³/mol. The van der Waals surface area contributed by atoms with Gasteiger partial charge >= 0.3 is 0 Å². The Labute approximate surface area is 117 Å². The molecule has 1 N–H and O–H groups in total. The molecule has 0 bridgehead atoms. The van der Waals surface area contributed by atoms with E-state index in [1.54, 1.807) is 11.0 Å². The fraction of sp³-hybridized carbons (Fsp3) is 0.500. The number of nitro groups is 1. The maximum atomic E-state index is 12.3. The van der Waals surface area contributed by atoms with Crippen molar-refractivity contribution in [2.75, 3.05) is 25.0 Å². The van der Waals surface area contributed by atoms with Gasteiger partial charge in [-0.2, -0.15) is 0 Å². The monoisotopic (exact) mass is 277 g/mol. The number of amides is 1. The summed E-state index contributed by atoms with van der Waals surface area (Å²) in [5.41, 5.74) is 0.939. The van der Waals surface area contributed by atoms with Crippen LogP contribution in [0.25, 0.3) is 0 Å². The Bertz CT molecular complexity index is 510. The summed E-state index contributed by atoms with van der Waals surface area (Å²) in [6.45, 7) is 4.17. The van der Waals surface area contributed by atoms with Gasteiger partial charge in [0.1, 0.15) is 5.69 Å². The topological polar surface area (TPSA) is 75.5 Å². The number of nitrogens with zero attached hydrogens (tertiary/aromatic N) is 2. The first kappa shape index (κ1) is 14.3. The summed E-state index contributed by atoms with van der Waals surface area (Å²) < 4.78 is 0. The van der Waals surface area contributed by atoms with Gasteiger partial charge in [-0.15, -0.1) is 0 Å². The highest BCUT2D eigenvalue weighted by molar-refractivity contribution is 5.96. The molecule has 2 rings (SSSR count). The Morgan fingerprint density at radius 3 is 2.70 bits per heavy atom. The van der Waals surface area contributed by atoms with Gasteiger partial charge in [-0.25, -0.2) is 0 Å². The molecule has 1 amide bonds. The number of carbonyl (C=O) groups excluding carboxylic acids is 1. The lowest BCUT2D eigenvalue weighted by Gasteiger charge is -2.16. The fourth-order valence-corrected chi connectivity index (χ4v) is 2.33. The molecule has 0 spiro atoms. The molecule has 1 heterocycles. The Hall–Kier alpha value is -2.11. The summed E-state index contributed by atoms with van der Waals surface area (Å²) in [5.74, 6) is -0.0445. The summed E-state index contributed by atoms with van der Waals surface area (Å²) in [4.78, 5) is 24.6. The smallest absolute Gasteiger partial charge is 0.292 e. The first-order valence-electron chi connectivity index (χ1n) is 6.95. The molecular weight excluding hydrogens is 258 g/mol. The van der Waals surface area contributed by atoms with E-state index in [-0.39, 0.29) is 11.6 Å². The van der Waals surface area contributed by atoms with Crippen LogP contribution in [0.5, 0.6) is 0 Å². The van der Waals surface area contributed by atoms with Crippen LogP contribution in [-0.4, -0.2) is 35.4 Å². The van der Waals surface area contributed by atoms with Crippen LogP contribution in [0.1, 0.15) is 36.5 Å². The molecule has 0 aromatic heterocycles. The largest absolute Gasteiger partial charge is 0.379 e. The predicted octanol–water partition coefficient (Wildman–Crippen LogP) is 2.65. The molecule has 20 heavy (non-hydrogen) atoms. The van der Waals surface area contributed by atoms with Crippen molar-refractivity contribution in [2.45, 2.75) is 26.2 Å². The number of hydrogen-bond acceptors (Lipinski definition) is 4. The molecule has 1 aliphatic heterocycles. The van der Waals surface area contributed by atoms with Crippen LogP contribution < -0.4 is 5.32 Å². The van der Waals surface area contributed by atoms with Crippen LogP contribution in [0.15, 0.2) is 18.2 Å². The molecule has 1 saturated heterocycles. The third-order valence-corrected chi connectivity index (χ3v) is 3.40. The molecule has 0 aliphatic carbocycles. The highest BCUT2D eigenvalue weighted by atomic mass is 16.6. The van der Waals surface area contributed by atoms with E-state index in [0.29, 0.717) is 17.8 Å². The molecule has 6 nitrogen and oxygen atoms in total. The van der Waals surface area contributed by atoms with Gasteiger partial charge in [-0.05, 0) is 31.4 Å². The van der Waals surface area contributed by atoms with Gasteiger partial charge in [0.15, 0.2) is 0 Å². The van der Waals surface area contributed by atoms with Gasteiger partial charge in [0, 0.05) is 31.3 Å². The lowest BCUT2D eigenvalue weighted by atomic mass is 10.1. The SMILES string of the molecule is CCCNc1cc(C(=O)N2CCCC2)ccc1[N+](=O)[O-]. The van der Waals surface area contributed by atoms with E-state index in [1.165, 1.54) is 12.1 Å². The van der Waals surface area contributed by atoms with E-state index in [4.69, 9.17) is 0 Å². The van der Waals surface area contributed by atoms with Crippen molar-refractivity contribution < 1.29 is 9.72 Å². The van der Waals surface area contributed by atoms with Crippen LogP contribution >= 0.6 is 0 Å². The fourth-order valence-electron chi connectivity index (χ4n) is 2.33. The van der Waals surface area contributed by atoms with Crippen LogP contribution in [0.2, 0.25) is 0 Å². The highest BCUT2D eigenvalue weighted by Gasteiger charge is 2.22. The minimum atomic E-state index is -0.428. The quantitative estimate of drug-likeness (QED) is 0.663. The zero-order valence-electron chi connectivity index (χ0n) is 11.6. The summed E-state index contributed by atoms with van der Waals surface area (Å²) in [6.07, 6.45) is 2.92. The zero-order chi connectivity index (χ0) is 14.5. The Morgan fingerprint density at radius 2 is 2.10 bits per heavy atom. The van der Waals surface area contributed by atoms with Crippen molar-refractivity contribution in [3.8, 4) is 0 Å². The van der Waals surface area contributed by atoms with Gasteiger partial charge in [-0.3, -0.25) is 14.9 Å². The van der Waals surface area contributed by atoms with Crippen molar-refractivity contribution in [3.63, 3.8) is 0 Å². The summed E-state index contributed by atoms with van der Waals surface area (Å²) in [6, 6.07) is 4.53. The minimum Gasteiger partial charge on any atom is -0.379 e. The van der Waals surface area contributed by atoms with Crippen LogP contribution in [0.3, 0.4) is 0 Å². The second-order valence-corrected chi connectivity index (χ2v) is 4.92. The number of likely N-dealkylation sites (tertiary alicyclic amines) is 1. The first-order chi connectivity index (χ1) is 9.63. The summed E-state index contributed by atoms with van der Waals surface area (Å²) in [5, 5.41) is 14.0. The standard InChI is InChI=1S/C14H19N3O3/c1-2-7-15-12-10-11(5-6-13(12)17(19)20)14(18)16-8-3-4-9-16/h5-6,10,15H,2-4,7-9H2,1H3. The van der Waals surface area contributed by atoms with E-state index in [9.17, 15) is 14.9 Å². The lowest BCUT2D eigenvalue weighted by Crippen LogP contribution is -2.27. The molecule has 6 heteroatoms. The molecule has 0 saturated carbocycles. The summed E-state index contributed by atoms with van der Waals surface area (Å²) >= 11 is 0. The average molecular weight is 277 g/mol. The van der Waals surface area contributed by atoms with Crippen molar-refractivity contribution in [2.24, 2.45) is 0 Å². The zero-order valence-corrected chi connectivity index (χ0v) is 11.6. The normalized spacial score (nSPS) is 14.3. The molecule has 108 valence electrons. The number of carbonyl (C=O) groups is 1. The highest BCUT2D eigenvalue weighted by Crippen LogP contribution is 2.26.